The summed E-state index contributed by atoms with van der Waals surface area (Å²) in [5.74, 6) is 0. The molecule has 0 aromatic heterocycles. The molecule has 0 spiro atoms. The zero-order chi connectivity index (χ0) is 22.7. The first-order valence-corrected chi connectivity index (χ1v) is 13.1. The Kier molecular flexibility index (Phi) is 7.15. The van der Waals surface area contributed by atoms with Crippen molar-refractivity contribution < 1.29 is 13.2 Å². The summed E-state index contributed by atoms with van der Waals surface area (Å²) in [6, 6.07) is 22.7. The molecule has 1 heterocycles. The van der Waals surface area contributed by atoms with E-state index in [-0.39, 0.29) is 6.04 Å². The predicted octanol–water partition coefficient (Wildman–Crippen LogP) is 5.65. The molecule has 4 nitrogen and oxygen atoms in total. The highest BCUT2D eigenvalue weighted by molar-refractivity contribution is 9.10. The summed E-state index contributed by atoms with van der Waals surface area (Å²) >= 11 is 3.49. The minimum atomic E-state index is -3.69. The first-order valence-electron chi connectivity index (χ1n) is 10.8. The summed E-state index contributed by atoms with van der Waals surface area (Å²) in [7, 11) is -3.69. The monoisotopic (exact) mass is 513 g/mol. The molecule has 168 valence electrons. The van der Waals surface area contributed by atoms with E-state index in [1.54, 1.807) is 12.1 Å². The largest absolute Gasteiger partial charge is 0.379 e. The van der Waals surface area contributed by atoms with E-state index in [0.717, 1.165) is 26.7 Å². The van der Waals surface area contributed by atoms with E-state index >= 15 is 0 Å². The normalized spacial score (nSPS) is 17.1. The molecule has 1 fully saturated rings. The fraction of sp³-hybridized carbons (Fsp3) is 0.308. The van der Waals surface area contributed by atoms with Gasteiger partial charge in [-0.15, -0.1) is 0 Å². The van der Waals surface area contributed by atoms with Gasteiger partial charge in [0.1, 0.15) is 5.25 Å². The topological polar surface area (TPSA) is 46.6 Å². The van der Waals surface area contributed by atoms with Gasteiger partial charge in [-0.2, -0.15) is 0 Å². The van der Waals surface area contributed by atoms with Gasteiger partial charge in [0, 0.05) is 17.6 Å². The van der Waals surface area contributed by atoms with Gasteiger partial charge in [-0.3, -0.25) is 4.90 Å². The first-order chi connectivity index (χ1) is 15.4. The Morgan fingerprint density at radius 2 is 1.28 bits per heavy atom. The van der Waals surface area contributed by atoms with Gasteiger partial charge in [-0.05, 0) is 49.2 Å². The maximum Gasteiger partial charge on any atom is 0.187 e. The van der Waals surface area contributed by atoms with Crippen LogP contribution in [0.25, 0.3) is 0 Å². The number of ether oxygens (including phenoxy) is 1. The van der Waals surface area contributed by atoms with Crippen LogP contribution < -0.4 is 0 Å². The van der Waals surface area contributed by atoms with Crippen molar-refractivity contribution in [1.82, 2.24) is 4.90 Å². The van der Waals surface area contributed by atoms with Crippen molar-refractivity contribution in [2.24, 2.45) is 0 Å². The highest BCUT2D eigenvalue weighted by Gasteiger charge is 2.40. The lowest BCUT2D eigenvalue weighted by molar-refractivity contribution is 0.0149. The molecule has 2 unspecified atom stereocenters. The molecule has 1 aliphatic heterocycles. The minimum Gasteiger partial charge on any atom is -0.379 e. The molecule has 0 saturated carbocycles. The molecule has 1 saturated heterocycles. The first kappa shape index (κ1) is 23.2. The highest BCUT2D eigenvalue weighted by Crippen LogP contribution is 2.43. The Balaban J connectivity index is 1.91. The third-order valence-electron chi connectivity index (χ3n) is 6.03. The van der Waals surface area contributed by atoms with E-state index in [4.69, 9.17) is 4.74 Å². The lowest BCUT2D eigenvalue weighted by atomic mass is 9.95. The molecule has 2 atom stereocenters. The van der Waals surface area contributed by atoms with Crippen LogP contribution >= 0.6 is 15.9 Å². The van der Waals surface area contributed by atoms with Crippen LogP contribution in [0, 0.1) is 13.8 Å². The number of hydrogen-bond acceptors (Lipinski definition) is 4. The third kappa shape index (κ3) is 4.99. The van der Waals surface area contributed by atoms with Gasteiger partial charge in [0.05, 0.1) is 24.2 Å². The molecular formula is C26H28BrNO3S. The van der Waals surface area contributed by atoms with Gasteiger partial charge in [0.25, 0.3) is 0 Å². The number of nitrogens with zero attached hydrogens (tertiary/aromatic N) is 1. The van der Waals surface area contributed by atoms with Crippen LogP contribution in [0.2, 0.25) is 0 Å². The standard InChI is InChI=1S/C26H28BrNO3S/c1-19-3-7-21(8-4-19)25(28-15-17-31-18-16-28)26(22-9-11-23(27)12-10-22)32(29,30)24-13-5-20(2)6-14-24/h3-14,25-26H,15-18H2,1-2H3. The van der Waals surface area contributed by atoms with E-state index in [1.807, 2.05) is 50.2 Å². The molecule has 0 bridgehead atoms. The number of halogens is 1. The predicted molar refractivity (Wildman–Crippen MR) is 132 cm³/mol. The maximum absolute atomic E-state index is 14.2. The van der Waals surface area contributed by atoms with E-state index < -0.39 is 15.1 Å². The Bertz CT molecular complexity index is 1140. The van der Waals surface area contributed by atoms with Crippen LogP contribution in [-0.2, 0) is 14.6 Å². The van der Waals surface area contributed by atoms with Gasteiger partial charge in [0.15, 0.2) is 9.84 Å². The van der Waals surface area contributed by atoms with Gasteiger partial charge in [0.2, 0.25) is 0 Å². The highest BCUT2D eigenvalue weighted by atomic mass is 79.9. The van der Waals surface area contributed by atoms with Crippen LogP contribution in [0.15, 0.2) is 82.2 Å². The number of hydrogen-bond donors (Lipinski definition) is 0. The van der Waals surface area contributed by atoms with E-state index in [1.165, 1.54) is 0 Å². The number of morpholine rings is 1. The summed E-state index contributed by atoms with van der Waals surface area (Å²) in [5.41, 5.74) is 3.97. The number of sulfone groups is 1. The van der Waals surface area contributed by atoms with Gasteiger partial charge in [-0.1, -0.05) is 75.6 Å². The number of rotatable bonds is 6. The zero-order valence-corrected chi connectivity index (χ0v) is 20.8. The fourth-order valence-corrected chi connectivity index (χ4v) is 6.51. The summed E-state index contributed by atoms with van der Waals surface area (Å²) < 4.78 is 34.9. The molecule has 32 heavy (non-hydrogen) atoms. The molecule has 4 rings (SSSR count). The van der Waals surface area contributed by atoms with Crippen LogP contribution in [0.3, 0.4) is 0 Å². The lowest BCUT2D eigenvalue weighted by Crippen LogP contribution is -2.43. The molecule has 0 aliphatic carbocycles. The number of aryl methyl sites for hydroxylation is 2. The second-order valence-electron chi connectivity index (χ2n) is 8.33. The van der Waals surface area contributed by atoms with Crippen molar-refractivity contribution in [3.8, 4) is 0 Å². The fourth-order valence-electron chi connectivity index (χ4n) is 4.25. The Morgan fingerprint density at radius 3 is 1.84 bits per heavy atom. The van der Waals surface area contributed by atoms with Crippen molar-refractivity contribution in [3.63, 3.8) is 0 Å². The van der Waals surface area contributed by atoms with Gasteiger partial charge >= 0.3 is 0 Å². The van der Waals surface area contributed by atoms with Crippen LogP contribution in [-0.4, -0.2) is 39.6 Å². The average Bonchev–Trinajstić information content (AvgIpc) is 2.80. The molecule has 0 amide bonds. The van der Waals surface area contributed by atoms with Crippen molar-refractivity contribution in [3.05, 3.63) is 99.5 Å². The summed E-state index contributed by atoms with van der Waals surface area (Å²) in [6.07, 6.45) is 0. The van der Waals surface area contributed by atoms with Crippen LogP contribution in [0.1, 0.15) is 33.5 Å². The lowest BCUT2D eigenvalue weighted by Gasteiger charge is -2.39. The van der Waals surface area contributed by atoms with Crippen molar-refractivity contribution in [1.29, 1.82) is 0 Å². The molecule has 3 aromatic carbocycles. The minimum absolute atomic E-state index is 0.327. The van der Waals surface area contributed by atoms with Gasteiger partial charge in [-0.25, -0.2) is 8.42 Å². The Hall–Kier alpha value is -1.99. The van der Waals surface area contributed by atoms with E-state index in [9.17, 15) is 8.42 Å². The molecular weight excluding hydrogens is 486 g/mol. The molecule has 6 heteroatoms. The second kappa shape index (κ2) is 9.87. The SMILES string of the molecule is Cc1ccc(C(C(c2ccc(Br)cc2)S(=O)(=O)c2ccc(C)cc2)N2CCOCC2)cc1. The average molecular weight is 514 g/mol. The van der Waals surface area contributed by atoms with Crippen molar-refractivity contribution >= 4 is 25.8 Å². The summed E-state index contributed by atoms with van der Waals surface area (Å²) in [5, 5.41) is -0.751. The van der Waals surface area contributed by atoms with Crippen LogP contribution in [0.5, 0.6) is 0 Å². The zero-order valence-electron chi connectivity index (χ0n) is 18.4. The Labute approximate surface area is 199 Å². The quantitative estimate of drug-likeness (QED) is 0.426. The Morgan fingerprint density at radius 1 is 0.781 bits per heavy atom. The third-order valence-corrected chi connectivity index (χ3v) is 8.68. The molecule has 0 N–H and O–H groups in total. The van der Waals surface area contributed by atoms with Gasteiger partial charge < -0.3 is 4.74 Å². The summed E-state index contributed by atoms with van der Waals surface area (Å²) in [6.45, 7) is 6.58. The van der Waals surface area contributed by atoms with E-state index in [2.05, 4.69) is 45.1 Å². The summed E-state index contributed by atoms with van der Waals surface area (Å²) in [4.78, 5) is 2.61. The molecule has 1 aliphatic rings. The van der Waals surface area contributed by atoms with Crippen LogP contribution in [0.4, 0.5) is 0 Å². The van der Waals surface area contributed by atoms with Crippen molar-refractivity contribution in [2.45, 2.75) is 30.0 Å². The smallest absolute Gasteiger partial charge is 0.187 e. The van der Waals surface area contributed by atoms with Crippen molar-refractivity contribution in [2.75, 3.05) is 26.3 Å². The van der Waals surface area contributed by atoms with E-state index in [0.29, 0.717) is 31.2 Å². The maximum atomic E-state index is 14.2. The molecule has 0 radical (unpaired) electrons. The molecule has 3 aromatic rings. The second-order valence-corrected chi connectivity index (χ2v) is 11.3. The number of benzene rings is 3.